The third-order valence-corrected chi connectivity index (χ3v) is 3.65. The number of amides is 1. The number of likely N-dealkylation sites (tertiary alicyclic amines) is 1. The zero-order chi connectivity index (χ0) is 15.4. The highest BCUT2D eigenvalue weighted by Gasteiger charge is 2.24. The predicted molar refractivity (Wildman–Crippen MR) is 73.9 cm³/mol. The Kier molecular flexibility index (Phi) is 4.77. The molecule has 1 saturated heterocycles. The van der Waals surface area contributed by atoms with Crippen molar-refractivity contribution in [2.45, 2.75) is 32.2 Å². The summed E-state index contributed by atoms with van der Waals surface area (Å²) in [5, 5.41) is 9.00. The van der Waals surface area contributed by atoms with Gasteiger partial charge in [-0.05, 0) is 44.4 Å². The lowest BCUT2D eigenvalue weighted by molar-refractivity contribution is -0.136. The van der Waals surface area contributed by atoms with Crippen molar-refractivity contribution in [3.05, 3.63) is 29.6 Å². The van der Waals surface area contributed by atoms with E-state index in [2.05, 4.69) is 0 Å². The molecule has 0 radical (unpaired) electrons. The van der Waals surface area contributed by atoms with Gasteiger partial charge in [-0.15, -0.1) is 0 Å². The number of carboxylic acids is 1. The van der Waals surface area contributed by atoms with Gasteiger partial charge in [-0.25, -0.2) is 9.18 Å². The zero-order valence-electron chi connectivity index (χ0n) is 11.8. The fourth-order valence-electron chi connectivity index (χ4n) is 2.49. The van der Waals surface area contributed by atoms with Crippen LogP contribution >= 0.6 is 0 Å². The molecular weight excluding hydrogens is 277 g/mol. The van der Waals surface area contributed by atoms with Crippen LogP contribution in [0.15, 0.2) is 18.2 Å². The number of hydrogen-bond acceptors (Lipinski definition) is 3. The van der Waals surface area contributed by atoms with Crippen molar-refractivity contribution in [3.8, 4) is 5.75 Å². The van der Waals surface area contributed by atoms with Crippen molar-refractivity contribution in [1.29, 1.82) is 0 Å². The van der Waals surface area contributed by atoms with Gasteiger partial charge in [0.1, 0.15) is 17.1 Å². The van der Waals surface area contributed by atoms with E-state index in [4.69, 9.17) is 9.84 Å². The number of hydrogen-bond donors (Lipinski definition) is 1. The predicted octanol–water partition coefficient (Wildman–Crippen LogP) is 2.30. The molecule has 1 N–H and O–H groups in total. The number of carboxylic acid groups (broad SMARTS) is 1. The fourth-order valence-corrected chi connectivity index (χ4v) is 2.49. The van der Waals surface area contributed by atoms with Crippen LogP contribution in [0.2, 0.25) is 0 Å². The zero-order valence-corrected chi connectivity index (χ0v) is 11.8. The first-order valence-electron chi connectivity index (χ1n) is 6.94. The number of carbonyl (C=O) groups excluding carboxylic acids is 1. The van der Waals surface area contributed by atoms with E-state index >= 15 is 0 Å². The van der Waals surface area contributed by atoms with Crippen molar-refractivity contribution in [2.24, 2.45) is 0 Å². The third kappa shape index (κ3) is 3.71. The summed E-state index contributed by atoms with van der Waals surface area (Å²) in [4.78, 5) is 24.9. The molecular formula is C15H18FNO4. The molecule has 5 nitrogen and oxygen atoms in total. The molecule has 1 heterocycles. The van der Waals surface area contributed by atoms with Gasteiger partial charge in [0.05, 0.1) is 0 Å². The summed E-state index contributed by atoms with van der Waals surface area (Å²) >= 11 is 0. The topological polar surface area (TPSA) is 66.8 Å². The summed E-state index contributed by atoms with van der Waals surface area (Å²) in [7, 11) is 0. The molecule has 0 spiro atoms. The average molecular weight is 295 g/mol. The van der Waals surface area contributed by atoms with Crippen molar-refractivity contribution >= 4 is 11.9 Å². The molecule has 21 heavy (non-hydrogen) atoms. The Hall–Kier alpha value is -2.11. The molecule has 1 amide bonds. The van der Waals surface area contributed by atoms with Crippen LogP contribution in [0.4, 0.5) is 4.39 Å². The van der Waals surface area contributed by atoms with E-state index in [9.17, 15) is 14.0 Å². The van der Waals surface area contributed by atoms with Crippen LogP contribution in [0.5, 0.6) is 5.75 Å². The number of benzene rings is 1. The molecule has 1 aromatic carbocycles. The molecule has 0 aromatic heterocycles. The summed E-state index contributed by atoms with van der Waals surface area (Å²) < 4.78 is 18.3. The second-order valence-corrected chi connectivity index (χ2v) is 5.17. The van der Waals surface area contributed by atoms with Gasteiger partial charge < -0.3 is 14.7 Å². The van der Waals surface area contributed by atoms with E-state index in [1.807, 2.05) is 6.92 Å². The Bertz CT molecular complexity index is 546. The number of halogens is 1. The molecule has 2 rings (SSSR count). The number of carbonyl (C=O) groups is 2. The Morgan fingerprint density at radius 2 is 2.19 bits per heavy atom. The van der Waals surface area contributed by atoms with E-state index < -0.39 is 11.8 Å². The molecule has 0 bridgehead atoms. The summed E-state index contributed by atoms with van der Waals surface area (Å²) in [6.45, 7) is 2.44. The van der Waals surface area contributed by atoms with Gasteiger partial charge in [-0.3, -0.25) is 4.79 Å². The highest BCUT2D eigenvalue weighted by Crippen LogP contribution is 2.21. The highest BCUT2D eigenvalue weighted by molar-refractivity contribution is 5.91. The summed E-state index contributed by atoms with van der Waals surface area (Å²) in [6, 6.07) is 3.38. The highest BCUT2D eigenvalue weighted by atomic mass is 19.1. The molecule has 0 saturated carbocycles. The van der Waals surface area contributed by atoms with Gasteiger partial charge in [0, 0.05) is 12.6 Å². The lowest BCUT2D eigenvalue weighted by Gasteiger charge is -2.33. The van der Waals surface area contributed by atoms with E-state index in [0.717, 1.165) is 31.4 Å². The largest absolute Gasteiger partial charge is 0.483 e. The van der Waals surface area contributed by atoms with Crippen LogP contribution < -0.4 is 4.74 Å². The second-order valence-electron chi connectivity index (χ2n) is 5.17. The minimum absolute atomic E-state index is 0.00177. The number of nitrogens with zero attached hydrogens (tertiary/aromatic N) is 1. The first-order valence-corrected chi connectivity index (χ1v) is 6.94. The molecule has 1 aliphatic rings. The Morgan fingerprint density at radius 1 is 1.43 bits per heavy atom. The van der Waals surface area contributed by atoms with Crippen molar-refractivity contribution in [2.75, 3.05) is 13.2 Å². The Balaban J connectivity index is 2.02. The van der Waals surface area contributed by atoms with Gasteiger partial charge in [-0.1, -0.05) is 0 Å². The SMILES string of the molecule is CC1CCCCN1C(=O)COc1ccc(F)cc1C(=O)O. The van der Waals surface area contributed by atoms with Gasteiger partial charge in [0.2, 0.25) is 0 Å². The van der Waals surface area contributed by atoms with Gasteiger partial charge in [-0.2, -0.15) is 0 Å². The van der Waals surface area contributed by atoms with E-state index in [1.165, 1.54) is 6.07 Å². The third-order valence-electron chi connectivity index (χ3n) is 3.65. The Labute approximate surface area is 122 Å². The minimum Gasteiger partial charge on any atom is -0.483 e. The number of rotatable bonds is 4. The van der Waals surface area contributed by atoms with Crippen LogP contribution in [0.25, 0.3) is 0 Å². The standard InChI is InChI=1S/C15H18FNO4/c1-10-4-2-3-7-17(10)14(18)9-21-13-6-5-11(16)8-12(13)15(19)20/h5-6,8,10H,2-4,7,9H2,1H3,(H,19,20). The van der Waals surface area contributed by atoms with Crippen LogP contribution in [-0.4, -0.2) is 41.1 Å². The maximum Gasteiger partial charge on any atom is 0.339 e. The monoisotopic (exact) mass is 295 g/mol. The van der Waals surface area contributed by atoms with E-state index in [0.29, 0.717) is 6.54 Å². The fraction of sp³-hybridized carbons (Fsp3) is 0.467. The van der Waals surface area contributed by atoms with E-state index in [1.54, 1.807) is 4.90 Å². The van der Waals surface area contributed by atoms with Gasteiger partial charge in [0.25, 0.3) is 5.91 Å². The smallest absolute Gasteiger partial charge is 0.339 e. The molecule has 1 atom stereocenters. The first kappa shape index (κ1) is 15.3. The molecule has 1 aromatic rings. The lowest BCUT2D eigenvalue weighted by atomic mass is 10.0. The molecule has 6 heteroatoms. The lowest BCUT2D eigenvalue weighted by Crippen LogP contribution is -2.44. The van der Waals surface area contributed by atoms with E-state index in [-0.39, 0.29) is 29.9 Å². The number of aromatic carboxylic acids is 1. The number of ether oxygens (including phenoxy) is 1. The van der Waals surface area contributed by atoms with Crippen molar-refractivity contribution < 1.29 is 23.8 Å². The van der Waals surface area contributed by atoms with Crippen LogP contribution in [0, 0.1) is 5.82 Å². The summed E-state index contributed by atoms with van der Waals surface area (Å²) in [5.41, 5.74) is -0.283. The van der Waals surface area contributed by atoms with Crippen LogP contribution in [-0.2, 0) is 4.79 Å². The van der Waals surface area contributed by atoms with Crippen LogP contribution in [0.3, 0.4) is 0 Å². The second kappa shape index (κ2) is 6.56. The van der Waals surface area contributed by atoms with Gasteiger partial charge in [0.15, 0.2) is 6.61 Å². The molecule has 1 unspecified atom stereocenters. The van der Waals surface area contributed by atoms with Crippen LogP contribution in [0.1, 0.15) is 36.5 Å². The summed E-state index contributed by atoms with van der Waals surface area (Å²) in [5.74, 6) is -2.12. The first-order chi connectivity index (χ1) is 9.99. The molecule has 1 fully saturated rings. The molecule has 0 aliphatic carbocycles. The normalized spacial score (nSPS) is 18.4. The average Bonchev–Trinajstić information content (AvgIpc) is 2.46. The van der Waals surface area contributed by atoms with Crippen molar-refractivity contribution in [3.63, 3.8) is 0 Å². The summed E-state index contributed by atoms with van der Waals surface area (Å²) in [6.07, 6.45) is 3.03. The maximum absolute atomic E-state index is 13.1. The Morgan fingerprint density at radius 3 is 2.86 bits per heavy atom. The quantitative estimate of drug-likeness (QED) is 0.925. The molecule has 114 valence electrons. The van der Waals surface area contributed by atoms with Gasteiger partial charge >= 0.3 is 5.97 Å². The maximum atomic E-state index is 13.1. The molecule has 1 aliphatic heterocycles. The van der Waals surface area contributed by atoms with Crippen molar-refractivity contribution in [1.82, 2.24) is 4.90 Å². The minimum atomic E-state index is -1.29. The number of piperidine rings is 1.